The van der Waals surface area contributed by atoms with E-state index in [0.717, 1.165) is 29.5 Å². The molecule has 14 heavy (non-hydrogen) atoms. The molecule has 1 saturated heterocycles. The largest absolute Gasteiger partial charge is 0.368 e. The maximum Gasteiger partial charge on any atom is 0.157 e. The number of nitrogens with two attached hydrogens (primary N) is 1. The Bertz CT molecular complexity index is 285. The third-order valence-corrected chi connectivity index (χ3v) is 3.06. The molecule has 0 radical (unpaired) electrons. The van der Waals surface area contributed by atoms with Gasteiger partial charge in [0.05, 0.1) is 6.61 Å². The van der Waals surface area contributed by atoms with Crippen molar-refractivity contribution in [3.05, 3.63) is 23.8 Å². The minimum Gasteiger partial charge on any atom is -0.368 e. The highest BCUT2D eigenvalue weighted by molar-refractivity contribution is 7.99. The molecule has 4 nitrogen and oxygen atoms in total. The normalized spacial score (nSPS) is 22.2. The van der Waals surface area contributed by atoms with Gasteiger partial charge in [-0.15, -0.1) is 0 Å². The zero-order valence-electron chi connectivity index (χ0n) is 7.85. The van der Waals surface area contributed by atoms with Crippen LogP contribution in [0.2, 0.25) is 0 Å². The Kier molecular flexibility index (Phi) is 3.34. The lowest BCUT2D eigenvalue weighted by Gasteiger charge is -2.20. The molecule has 2 rings (SSSR count). The molecule has 1 fully saturated rings. The third-order valence-electron chi connectivity index (χ3n) is 2.06. The summed E-state index contributed by atoms with van der Waals surface area (Å²) in [7, 11) is 0. The Balaban J connectivity index is 2.07. The van der Waals surface area contributed by atoms with Gasteiger partial charge in [0.15, 0.2) is 5.82 Å². The van der Waals surface area contributed by atoms with Crippen LogP contribution in [0.3, 0.4) is 0 Å². The van der Waals surface area contributed by atoms with E-state index >= 15 is 0 Å². The fourth-order valence-electron chi connectivity index (χ4n) is 1.27. The molecule has 0 aliphatic carbocycles. The number of hydrogen-bond donors (Lipinski definition) is 1. The van der Waals surface area contributed by atoms with E-state index in [-0.39, 0.29) is 6.10 Å². The monoisotopic (exact) mass is 211 g/mol. The van der Waals surface area contributed by atoms with Gasteiger partial charge in [-0.3, -0.25) is 0 Å². The number of rotatable bonds is 2. The average Bonchev–Trinajstić information content (AvgIpc) is 2.30. The van der Waals surface area contributed by atoms with E-state index in [0.29, 0.717) is 6.54 Å². The zero-order valence-corrected chi connectivity index (χ0v) is 8.67. The van der Waals surface area contributed by atoms with Crippen molar-refractivity contribution in [2.45, 2.75) is 12.6 Å². The Morgan fingerprint density at radius 1 is 1.50 bits per heavy atom. The molecule has 2 heterocycles. The van der Waals surface area contributed by atoms with E-state index in [9.17, 15) is 0 Å². The molecule has 0 saturated carbocycles. The van der Waals surface area contributed by atoms with Gasteiger partial charge in [0.2, 0.25) is 0 Å². The molecule has 0 bridgehead atoms. The van der Waals surface area contributed by atoms with Crippen LogP contribution < -0.4 is 5.73 Å². The minimum absolute atomic E-state index is 0.0561. The van der Waals surface area contributed by atoms with Crippen LogP contribution in [0.1, 0.15) is 17.5 Å². The molecule has 1 aliphatic rings. The number of hydrogen-bond acceptors (Lipinski definition) is 5. The van der Waals surface area contributed by atoms with Gasteiger partial charge in [-0.05, 0) is 0 Å². The highest BCUT2D eigenvalue weighted by atomic mass is 32.2. The van der Waals surface area contributed by atoms with Gasteiger partial charge in [-0.25, -0.2) is 9.97 Å². The van der Waals surface area contributed by atoms with E-state index in [1.165, 1.54) is 0 Å². The molecular formula is C9H13N3OS. The van der Waals surface area contributed by atoms with Crippen LogP contribution in [-0.2, 0) is 11.3 Å². The third kappa shape index (κ3) is 2.23. The van der Waals surface area contributed by atoms with Crippen LogP contribution in [0, 0.1) is 0 Å². The Morgan fingerprint density at radius 3 is 2.86 bits per heavy atom. The Morgan fingerprint density at radius 2 is 2.29 bits per heavy atom. The quantitative estimate of drug-likeness (QED) is 0.781. The second-order valence-corrected chi connectivity index (χ2v) is 4.24. The standard InChI is InChI=1S/C9H13N3OS/c10-3-7-4-11-9(12-5-7)8-6-14-2-1-13-8/h4-5,8H,1-3,6,10H2. The molecule has 1 aromatic rings. The van der Waals surface area contributed by atoms with Crippen LogP contribution in [0.15, 0.2) is 12.4 Å². The van der Waals surface area contributed by atoms with Crippen LogP contribution >= 0.6 is 11.8 Å². The van der Waals surface area contributed by atoms with Crippen LogP contribution in [0.25, 0.3) is 0 Å². The van der Waals surface area contributed by atoms with Crippen molar-refractivity contribution in [2.75, 3.05) is 18.1 Å². The summed E-state index contributed by atoms with van der Waals surface area (Å²) in [4.78, 5) is 8.49. The van der Waals surface area contributed by atoms with Crippen LogP contribution in [-0.4, -0.2) is 28.1 Å². The number of aromatic nitrogens is 2. The van der Waals surface area contributed by atoms with Crippen molar-refractivity contribution in [3.8, 4) is 0 Å². The van der Waals surface area contributed by atoms with E-state index in [4.69, 9.17) is 10.5 Å². The second kappa shape index (κ2) is 4.72. The van der Waals surface area contributed by atoms with Gasteiger partial charge in [-0.1, -0.05) is 0 Å². The molecule has 2 N–H and O–H groups in total. The lowest BCUT2D eigenvalue weighted by atomic mass is 10.3. The summed E-state index contributed by atoms with van der Waals surface area (Å²) in [6, 6.07) is 0. The van der Waals surface area contributed by atoms with Crippen molar-refractivity contribution >= 4 is 11.8 Å². The molecule has 1 atom stereocenters. The molecule has 0 spiro atoms. The molecule has 1 unspecified atom stereocenters. The van der Waals surface area contributed by atoms with Crippen molar-refractivity contribution in [2.24, 2.45) is 5.73 Å². The van der Waals surface area contributed by atoms with Crippen molar-refractivity contribution in [3.63, 3.8) is 0 Å². The van der Waals surface area contributed by atoms with Crippen molar-refractivity contribution in [1.29, 1.82) is 0 Å². The first kappa shape index (κ1) is 9.89. The SMILES string of the molecule is NCc1cnc(C2CSCCO2)nc1. The predicted molar refractivity (Wildman–Crippen MR) is 55.9 cm³/mol. The topological polar surface area (TPSA) is 61.0 Å². The maximum atomic E-state index is 5.56. The summed E-state index contributed by atoms with van der Waals surface area (Å²) < 4.78 is 5.56. The fourth-order valence-corrected chi connectivity index (χ4v) is 2.11. The summed E-state index contributed by atoms with van der Waals surface area (Å²) in [6.45, 7) is 1.28. The van der Waals surface area contributed by atoms with E-state index in [1.54, 1.807) is 12.4 Å². The van der Waals surface area contributed by atoms with Crippen molar-refractivity contribution < 1.29 is 4.74 Å². The number of ether oxygens (including phenoxy) is 1. The number of thioether (sulfide) groups is 1. The molecule has 1 aromatic heterocycles. The van der Waals surface area contributed by atoms with E-state index in [1.807, 2.05) is 11.8 Å². The summed E-state index contributed by atoms with van der Waals surface area (Å²) >= 11 is 1.88. The van der Waals surface area contributed by atoms with Gasteiger partial charge in [-0.2, -0.15) is 11.8 Å². The first-order valence-electron chi connectivity index (χ1n) is 4.60. The van der Waals surface area contributed by atoms with Gasteiger partial charge in [0.1, 0.15) is 6.10 Å². The highest BCUT2D eigenvalue weighted by Crippen LogP contribution is 2.23. The average molecular weight is 211 g/mol. The van der Waals surface area contributed by atoms with Gasteiger partial charge in [0, 0.05) is 36.0 Å². The zero-order chi connectivity index (χ0) is 9.80. The maximum absolute atomic E-state index is 5.56. The summed E-state index contributed by atoms with van der Waals surface area (Å²) in [5.74, 6) is 2.79. The predicted octanol–water partition coefficient (Wildman–Crippen LogP) is 0.740. The van der Waals surface area contributed by atoms with Crippen molar-refractivity contribution in [1.82, 2.24) is 9.97 Å². The van der Waals surface area contributed by atoms with Gasteiger partial charge < -0.3 is 10.5 Å². The fraction of sp³-hybridized carbons (Fsp3) is 0.556. The second-order valence-electron chi connectivity index (χ2n) is 3.09. The lowest BCUT2D eigenvalue weighted by molar-refractivity contribution is 0.0694. The smallest absolute Gasteiger partial charge is 0.157 e. The molecular weight excluding hydrogens is 198 g/mol. The molecule has 0 aromatic carbocycles. The van der Waals surface area contributed by atoms with Gasteiger partial charge >= 0.3 is 0 Å². The van der Waals surface area contributed by atoms with Gasteiger partial charge in [0.25, 0.3) is 0 Å². The first-order chi connectivity index (χ1) is 6.90. The van der Waals surface area contributed by atoms with Crippen LogP contribution in [0.5, 0.6) is 0 Å². The summed E-state index contributed by atoms with van der Waals surface area (Å²) in [6.07, 6.45) is 3.59. The Hall–Kier alpha value is -0.650. The molecule has 1 aliphatic heterocycles. The summed E-state index contributed by atoms with van der Waals surface area (Å²) in [5, 5.41) is 0. The molecule has 5 heteroatoms. The number of nitrogens with zero attached hydrogens (tertiary/aromatic N) is 2. The molecule has 76 valence electrons. The summed E-state index contributed by atoms with van der Waals surface area (Å²) in [5.41, 5.74) is 6.42. The minimum atomic E-state index is 0.0561. The van der Waals surface area contributed by atoms with E-state index < -0.39 is 0 Å². The van der Waals surface area contributed by atoms with Crippen LogP contribution in [0.4, 0.5) is 0 Å². The van der Waals surface area contributed by atoms with E-state index in [2.05, 4.69) is 9.97 Å². The Labute approximate surface area is 87.3 Å². The molecule has 0 amide bonds. The first-order valence-corrected chi connectivity index (χ1v) is 5.76. The lowest BCUT2D eigenvalue weighted by Crippen LogP contribution is -2.18. The highest BCUT2D eigenvalue weighted by Gasteiger charge is 2.18.